The van der Waals surface area contributed by atoms with E-state index in [1.165, 1.54) is 41.8 Å². The zero-order valence-electron chi connectivity index (χ0n) is 20.3. The van der Waals surface area contributed by atoms with Crippen LogP contribution in [0.1, 0.15) is 40.9 Å². The molecular weight excluding hydrogens is 420 g/mol. The number of aryl methyl sites for hydroxylation is 1. The third-order valence-electron chi connectivity index (χ3n) is 7.32. The molecule has 0 radical (unpaired) electrons. The van der Waals surface area contributed by atoms with Crippen LogP contribution >= 0.6 is 0 Å². The Morgan fingerprint density at radius 3 is 2.38 bits per heavy atom. The lowest BCUT2D eigenvalue weighted by Gasteiger charge is -2.32. The van der Waals surface area contributed by atoms with Crippen LogP contribution in [0.25, 0.3) is 16.9 Å². The molecule has 1 N–H and O–H groups in total. The van der Waals surface area contributed by atoms with Crippen LogP contribution in [0.4, 0.5) is 0 Å². The molecule has 2 aromatic carbocycles. The first kappa shape index (κ1) is 22.9. The minimum absolute atomic E-state index is 0.00953. The van der Waals surface area contributed by atoms with Gasteiger partial charge in [-0.15, -0.1) is 0 Å². The maximum absolute atomic E-state index is 12.8. The van der Waals surface area contributed by atoms with Gasteiger partial charge in [-0.3, -0.25) is 9.69 Å². The van der Waals surface area contributed by atoms with E-state index in [2.05, 4.69) is 75.3 Å². The van der Waals surface area contributed by atoms with Crippen molar-refractivity contribution in [2.45, 2.75) is 32.1 Å². The van der Waals surface area contributed by atoms with Crippen LogP contribution in [0, 0.1) is 0 Å². The van der Waals surface area contributed by atoms with Crippen LogP contribution in [-0.4, -0.2) is 66.6 Å². The molecule has 5 nitrogen and oxygen atoms in total. The Bertz CT molecular complexity index is 1100. The minimum atomic E-state index is 0.00953. The number of likely N-dealkylation sites (N-methyl/N-ethyl adjacent to an activating group) is 1. The summed E-state index contributed by atoms with van der Waals surface area (Å²) in [6, 6.07) is 21.2. The molecule has 2 aliphatic rings. The molecule has 1 amide bonds. The monoisotopic (exact) mass is 456 g/mol. The molecule has 0 bridgehead atoms. The molecule has 1 aliphatic heterocycles. The average Bonchev–Trinajstić information content (AvgIpc) is 3.08. The molecule has 1 aliphatic carbocycles. The molecule has 1 saturated heterocycles. The van der Waals surface area contributed by atoms with Crippen molar-refractivity contribution in [3.63, 3.8) is 0 Å². The van der Waals surface area contributed by atoms with Crippen LogP contribution in [-0.2, 0) is 12.8 Å². The number of carbonyl (C=O) groups is 1. The van der Waals surface area contributed by atoms with E-state index in [1.807, 2.05) is 12.1 Å². The van der Waals surface area contributed by atoms with E-state index in [0.717, 1.165) is 56.8 Å². The molecule has 0 saturated carbocycles. The molecule has 1 aromatic heterocycles. The average molecular weight is 457 g/mol. The fourth-order valence-corrected chi connectivity index (χ4v) is 5.25. The Morgan fingerprint density at radius 2 is 1.62 bits per heavy atom. The lowest BCUT2D eigenvalue weighted by atomic mass is 10.1. The van der Waals surface area contributed by atoms with E-state index in [9.17, 15) is 4.79 Å². The molecule has 2 heterocycles. The highest BCUT2D eigenvalue weighted by Gasteiger charge is 2.20. The molecule has 0 spiro atoms. The predicted octanol–water partition coefficient (Wildman–Crippen LogP) is 4.39. The van der Waals surface area contributed by atoms with Gasteiger partial charge in [-0.2, -0.15) is 0 Å². The zero-order valence-corrected chi connectivity index (χ0v) is 20.3. The number of aromatic nitrogens is 1. The fraction of sp³-hybridized carbons (Fsp3) is 0.414. The van der Waals surface area contributed by atoms with Crippen molar-refractivity contribution < 1.29 is 4.79 Å². The summed E-state index contributed by atoms with van der Waals surface area (Å²) < 4.78 is 2.42. The molecule has 5 rings (SSSR count). The molecule has 5 heteroatoms. The van der Waals surface area contributed by atoms with Crippen molar-refractivity contribution in [2.75, 3.05) is 46.3 Å². The molecule has 0 unspecified atom stereocenters. The van der Waals surface area contributed by atoms with Crippen molar-refractivity contribution >= 4 is 5.91 Å². The van der Waals surface area contributed by atoms with Crippen molar-refractivity contribution in [2.24, 2.45) is 0 Å². The largest absolute Gasteiger partial charge is 0.351 e. The normalized spacial score (nSPS) is 17.2. The Hall–Kier alpha value is -2.89. The SMILES string of the molecule is CN1CCN(CCNC(=O)c2ccc(-n3c(-c4ccccc4)cc4c3CCCCC4)cc2)CC1. The predicted molar refractivity (Wildman–Crippen MR) is 139 cm³/mol. The zero-order chi connectivity index (χ0) is 23.3. The summed E-state index contributed by atoms with van der Waals surface area (Å²) in [6.07, 6.45) is 6.05. The number of nitrogens with one attached hydrogen (secondary N) is 1. The van der Waals surface area contributed by atoms with E-state index in [1.54, 1.807) is 0 Å². The number of rotatable bonds is 6. The van der Waals surface area contributed by atoms with Gasteiger partial charge >= 0.3 is 0 Å². The molecule has 1 fully saturated rings. The van der Waals surface area contributed by atoms with Crippen molar-refractivity contribution in [1.29, 1.82) is 0 Å². The standard InChI is InChI=1S/C29H36N4O/c1-31-18-20-32(21-19-31)17-16-30-29(34)24-12-14-26(15-13-24)33-27-11-7-3-6-10-25(27)22-28(33)23-8-4-2-5-9-23/h2,4-5,8-9,12-15,22H,3,6-7,10-11,16-21H2,1H3,(H,30,34). The maximum atomic E-state index is 12.8. The van der Waals surface area contributed by atoms with E-state index in [-0.39, 0.29) is 5.91 Å². The highest BCUT2D eigenvalue weighted by Crippen LogP contribution is 2.33. The number of amides is 1. The van der Waals surface area contributed by atoms with Crippen LogP contribution < -0.4 is 5.32 Å². The Balaban J connectivity index is 1.32. The Labute approximate surface area is 203 Å². The molecule has 178 valence electrons. The second-order valence-electron chi connectivity index (χ2n) is 9.71. The van der Waals surface area contributed by atoms with Gasteiger partial charge in [0, 0.05) is 56.2 Å². The smallest absolute Gasteiger partial charge is 0.251 e. The fourth-order valence-electron chi connectivity index (χ4n) is 5.25. The summed E-state index contributed by atoms with van der Waals surface area (Å²) >= 11 is 0. The van der Waals surface area contributed by atoms with E-state index >= 15 is 0 Å². The van der Waals surface area contributed by atoms with Crippen LogP contribution in [0.5, 0.6) is 0 Å². The number of nitrogens with zero attached hydrogens (tertiary/aromatic N) is 3. The number of piperazine rings is 1. The first-order valence-electron chi connectivity index (χ1n) is 12.8. The first-order valence-corrected chi connectivity index (χ1v) is 12.8. The lowest BCUT2D eigenvalue weighted by molar-refractivity contribution is 0.0941. The molecule has 3 aromatic rings. The Morgan fingerprint density at radius 1 is 0.882 bits per heavy atom. The summed E-state index contributed by atoms with van der Waals surface area (Å²) in [6.45, 7) is 5.95. The van der Waals surface area contributed by atoms with Gasteiger partial charge in [0.25, 0.3) is 5.91 Å². The number of carbonyl (C=O) groups excluding carboxylic acids is 1. The van der Waals surface area contributed by atoms with Crippen molar-refractivity contribution in [3.05, 3.63) is 77.5 Å². The quantitative estimate of drug-likeness (QED) is 0.560. The van der Waals surface area contributed by atoms with Gasteiger partial charge in [0.05, 0.1) is 5.69 Å². The topological polar surface area (TPSA) is 40.5 Å². The van der Waals surface area contributed by atoms with E-state index < -0.39 is 0 Å². The summed E-state index contributed by atoms with van der Waals surface area (Å²) in [5.74, 6) is 0.00953. The van der Waals surface area contributed by atoms with Gasteiger partial charge in [-0.25, -0.2) is 0 Å². The van der Waals surface area contributed by atoms with Gasteiger partial charge in [0.2, 0.25) is 0 Å². The van der Waals surface area contributed by atoms with Crippen LogP contribution in [0.3, 0.4) is 0 Å². The summed E-state index contributed by atoms with van der Waals surface area (Å²) in [5, 5.41) is 3.11. The first-order chi connectivity index (χ1) is 16.7. The van der Waals surface area contributed by atoms with Gasteiger partial charge in [0.1, 0.15) is 0 Å². The second-order valence-corrected chi connectivity index (χ2v) is 9.71. The second kappa shape index (κ2) is 10.6. The summed E-state index contributed by atoms with van der Waals surface area (Å²) in [4.78, 5) is 17.5. The number of benzene rings is 2. The molecular formula is C29H36N4O. The van der Waals surface area contributed by atoms with E-state index in [4.69, 9.17) is 0 Å². The number of hydrogen-bond donors (Lipinski definition) is 1. The third kappa shape index (κ3) is 5.11. The van der Waals surface area contributed by atoms with Gasteiger partial charge in [-0.1, -0.05) is 36.8 Å². The lowest BCUT2D eigenvalue weighted by Crippen LogP contribution is -2.46. The summed E-state index contributed by atoms with van der Waals surface area (Å²) in [5.41, 5.74) is 7.25. The summed E-state index contributed by atoms with van der Waals surface area (Å²) in [7, 11) is 2.16. The van der Waals surface area contributed by atoms with Crippen molar-refractivity contribution in [3.8, 4) is 16.9 Å². The molecule has 34 heavy (non-hydrogen) atoms. The maximum Gasteiger partial charge on any atom is 0.251 e. The highest BCUT2D eigenvalue weighted by atomic mass is 16.1. The number of hydrogen-bond acceptors (Lipinski definition) is 3. The minimum Gasteiger partial charge on any atom is -0.351 e. The number of fused-ring (bicyclic) bond motifs is 1. The molecule has 0 atom stereocenters. The van der Waals surface area contributed by atoms with Crippen LogP contribution in [0.2, 0.25) is 0 Å². The van der Waals surface area contributed by atoms with Crippen molar-refractivity contribution in [1.82, 2.24) is 19.7 Å². The third-order valence-corrected chi connectivity index (χ3v) is 7.32. The van der Waals surface area contributed by atoms with Gasteiger partial charge < -0.3 is 14.8 Å². The Kier molecular flexibility index (Phi) is 7.12. The van der Waals surface area contributed by atoms with E-state index in [0.29, 0.717) is 6.54 Å². The van der Waals surface area contributed by atoms with Gasteiger partial charge in [-0.05, 0) is 74.2 Å². The van der Waals surface area contributed by atoms with Gasteiger partial charge in [0.15, 0.2) is 0 Å². The highest BCUT2D eigenvalue weighted by molar-refractivity contribution is 5.94. The van der Waals surface area contributed by atoms with Crippen LogP contribution in [0.15, 0.2) is 60.7 Å².